The predicted octanol–water partition coefficient (Wildman–Crippen LogP) is 3.41. The second-order valence-corrected chi connectivity index (χ2v) is 5.68. The highest BCUT2D eigenvalue weighted by Gasteiger charge is 2.22. The molecule has 1 aliphatic rings. The van der Waals surface area contributed by atoms with E-state index in [0.29, 0.717) is 10.2 Å². The minimum Gasteiger partial charge on any atom is -0.349 e. The van der Waals surface area contributed by atoms with Gasteiger partial charge in [-0.25, -0.2) is 4.39 Å². The zero-order valence-corrected chi connectivity index (χ0v) is 12.4. The molecule has 0 spiro atoms. The lowest BCUT2D eigenvalue weighted by Crippen LogP contribution is -2.28. The lowest BCUT2D eigenvalue weighted by Gasteiger charge is -2.27. The van der Waals surface area contributed by atoms with Crippen molar-refractivity contribution in [2.24, 2.45) is 0 Å². The van der Waals surface area contributed by atoms with Crippen LogP contribution < -0.4 is 0 Å². The Kier molecular flexibility index (Phi) is 3.58. The average molecular weight is 299 g/mol. The van der Waals surface area contributed by atoms with Crippen LogP contribution in [0.15, 0.2) is 24.3 Å². The summed E-state index contributed by atoms with van der Waals surface area (Å²) in [5.74, 6) is -0.288. The average Bonchev–Trinajstić information content (AvgIpc) is 2.47. The van der Waals surface area contributed by atoms with Gasteiger partial charge in [0.05, 0.1) is 5.56 Å². The first-order valence-electron chi connectivity index (χ1n) is 6.72. The van der Waals surface area contributed by atoms with E-state index >= 15 is 0 Å². The number of hydrogen-bond acceptors (Lipinski definition) is 3. The fraction of sp³-hybridized carbons (Fsp3) is 0.250. The van der Waals surface area contributed by atoms with Crippen LogP contribution in [0.1, 0.15) is 16.8 Å². The molecule has 1 aromatic carbocycles. The van der Waals surface area contributed by atoms with Gasteiger partial charge in [-0.05, 0) is 30.3 Å². The van der Waals surface area contributed by atoms with Crippen molar-refractivity contribution in [2.45, 2.75) is 13.0 Å². The molecule has 0 atom stereocenters. The molecule has 0 radical (unpaired) electrons. The number of aromatic amines is 1. The Bertz CT molecular complexity index is 787. The zero-order chi connectivity index (χ0) is 15.0. The second kappa shape index (κ2) is 5.40. The molecule has 0 aliphatic carbocycles. The van der Waals surface area contributed by atoms with Gasteiger partial charge >= 0.3 is 0 Å². The van der Waals surface area contributed by atoms with Crippen molar-refractivity contribution in [1.29, 1.82) is 5.26 Å². The van der Waals surface area contributed by atoms with Gasteiger partial charge in [0.1, 0.15) is 16.5 Å². The van der Waals surface area contributed by atoms with Crippen molar-refractivity contribution in [2.75, 3.05) is 13.6 Å². The van der Waals surface area contributed by atoms with Crippen molar-refractivity contribution in [1.82, 2.24) is 9.88 Å². The standard InChI is InChI=1S/C16H14FN3S/c1-20-7-6-14-13(9-20)15(12(8-18)16(21)19-14)10-2-4-11(17)5-3-10/h2-5H,6-7,9H2,1H3,(H,19,21). The molecule has 0 unspecified atom stereocenters. The topological polar surface area (TPSA) is 42.8 Å². The van der Waals surface area contributed by atoms with Crippen LogP contribution in [-0.4, -0.2) is 23.5 Å². The maximum Gasteiger partial charge on any atom is 0.123 e. The van der Waals surface area contributed by atoms with E-state index in [1.807, 2.05) is 7.05 Å². The van der Waals surface area contributed by atoms with E-state index in [4.69, 9.17) is 12.2 Å². The normalized spacial score (nSPS) is 14.5. The van der Waals surface area contributed by atoms with Crippen LogP contribution in [0.5, 0.6) is 0 Å². The molecule has 1 aromatic heterocycles. The van der Waals surface area contributed by atoms with E-state index in [-0.39, 0.29) is 5.82 Å². The van der Waals surface area contributed by atoms with Crippen molar-refractivity contribution >= 4 is 12.2 Å². The number of benzene rings is 1. The molecule has 3 nitrogen and oxygen atoms in total. The predicted molar refractivity (Wildman–Crippen MR) is 81.8 cm³/mol. The van der Waals surface area contributed by atoms with Gasteiger partial charge in [-0.1, -0.05) is 24.4 Å². The van der Waals surface area contributed by atoms with Gasteiger partial charge in [0.2, 0.25) is 0 Å². The number of halogens is 1. The summed E-state index contributed by atoms with van der Waals surface area (Å²) in [6, 6.07) is 8.43. The van der Waals surface area contributed by atoms with Crippen LogP contribution in [0.3, 0.4) is 0 Å². The number of H-pyrrole nitrogens is 1. The third-order valence-corrected chi connectivity index (χ3v) is 4.13. The SMILES string of the molecule is CN1CCc2[nH]c(=S)c(C#N)c(-c3ccc(F)cc3)c2C1. The molecule has 1 aliphatic heterocycles. The maximum absolute atomic E-state index is 13.2. The van der Waals surface area contributed by atoms with Crippen LogP contribution >= 0.6 is 12.2 Å². The summed E-state index contributed by atoms with van der Waals surface area (Å²) in [5, 5.41) is 9.46. The summed E-state index contributed by atoms with van der Waals surface area (Å²) in [4.78, 5) is 5.38. The van der Waals surface area contributed by atoms with Gasteiger partial charge in [0.25, 0.3) is 0 Å². The smallest absolute Gasteiger partial charge is 0.123 e. The number of fused-ring (bicyclic) bond motifs is 1. The maximum atomic E-state index is 13.2. The number of nitrogens with zero attached hydrogens (tertiary/aromatic N) is 2. The highest BCUT2D eigenvalue weighted by molar-refractivity contribution is 7.71. The molecule has 21 heavy (non-hydrogen) atoms. The number of hydrogen-bond donors (Lipinski definition) is 1. The quantitative estimate of drug-likeness (QED) is 0.821. The number of rotatable bonds is 1. The summed E-state index contributed by atoms with van der Waals surface area (Å²) in [5.41, 5.74) is 4.30. The minimum atomic E-state index is -0.288. The molecule has 2 heterocycles. The molecule has 1 N–H and O–H groups in total. The number of aromatic nitrogens is 1. The van der Waals surface area contributed by atoms with Crippen molar-refractivity contribution in [3.8, 4) is 17.2 Å². The van der Waals surface area contributed by atoms with E-state index in [9.17, 15) is 9.65 Å². The molecule has 0 amide bonds. The van der Waals surface area contributed by atoms with E-state index in [2.05, 4.69) is 16.0 Å². The molecule has 3 rings (SSSR count). The largest absolute Gasteiger partial charge is 0.349 e. The van der Waals surface area contributed by atoms with Crippen LogP contribution in [0.2, 0.25) is 0 Å². The molecule has 0 bridgehead atoms. The summed E-state index contributed by atoms with van der Waals surface area (Å²) in [6.45, 7) is 1.70. The Morgan fingerprint density at radius 2 is 2.05 bits per heavy atom. The van der Waals surface area contributed by atoms with Crippen LogP contribution in [-0.2, 0) is 13.0 Å². The van der Waals surface area contributed by atoms with Gasteiger partial charge < -0.3 is 9.88 Å². The number of nitriles is 1. The van der Waals surface area contributed by atoms with Gasteiger partial charge in [-0.2, -0.15) is 5.26 Å². The fourth-order valence-corrected chi connectivity index (χ4v) is 3.04. The lowest BCUT2D eigenvalue weighted by atomic mass is 9.92. The van der Waals surface area contributed by atoms with E-state index < -0.39 is 0 Å². The van der Waals surface area contributed by atoms with E-state index in [1.165, 1.54) is 12.1 Å². The molecular formula is C16H14FN3S. The van der Waals surface area contributed by atoms with Crippen molar-refractivity contribution in [3.63, 3.8) is 0 Å². The third kappa shape index (κ3) is 2.48. The Morgan fingerprint density at radius 3 is 2.71 bits per heavy atom. The van der Waals surface area contributed by atoms with Crippen LogP contribution in [0.4, 0.5) is 4.39 Å². The van der Waals surface area contributed by atoms with Gasteiger partial charge in [0, 0.05) is 30.8 Å². The summed E-state index contributed by atoms with van der Waals surface area (Å²) >= 11 is 5.31. The second-order valence-electron chi connectivity index (χ2n) is 5.27. The summed E-state index contributed by atoms with van der Waals surface area (Å²) in [6.07, 6.45) is 0.870. The fourth-order valence-electron chi connectivity index (χ4n) is 2.77. The number of pyridine rings is 1. The van der Waals surface area contributed by atoms with Crippen LogP contribution in [0, 0.1) is 21.8 Å². The minimum absolute atomic E-state index is 0.288. The van der Waals surface area contributed by atoms with Crippen molar-refractivity contribution in [3.05, 3.63) is 51.5 Å². The molecule has 5 heteroatoms. The third-order valence-electron chi connectivity index (χ3n) is 3.82. The Hall–Kier alpha value is -2.03. The van der Waals surface area contributed by atoms with E-state index in [1.54, 1.807) is 12.1 Å². The molecule has 0 saturated heterocycles. The lowest BCUT2D eigenvalue weighted by molar-refractivity contribution is 0.310. The van der Waals surface area contributed by atoms with Gasteiger partial charge in [-0.3, -0.25) is 0 Å². The summed E-state index contributed by atoms with van der Waals surface area (Å²) in [7, 11) is 2.05. The highest BCUT2D eigenvalue weighted by Crippen LogP contribution is 2.32. The molecule has 0 saturated carbocycles. The first kappa shape index (κ1) is 13.9. The van der Waals surface area contributed by atoms with E-state index in [0.717, 1.165) is 41.9 Å². The molecular weight excluding hydrogens is 285 g/mol. The zero-order valence-electron chi connectivity index (χ0n) is 11.6. The Balaban J connectivity index is 2.31. The number of likely N-dealkylation sites (N-methyl/N-ethyl adjacent to an activating group) is 1. The monoisotopic (exact) mass is 299 g/mol. The summed E-state index contributed by atoms with van der Waals surface area (Å²) < 4.78 is 13.6. The Labute approximate surface area is 127 Å². The first-order valence-corrected chi connectivity index (χ1v) is 7.13. The molecule has 0 fully saturated rings. The van der Waals surface area contributed by atoms with Gasteiger partial charge in [0.15, 0.2) is 0 Å². The Morgan fingerprint density at radius 1 is 1.33 bits per heavy atom. The molecule has 106 valence electrons. The number of nitrogens with one attached hydrogen (secondary N) is 1. The molecule has 2 aromatic rings. The van der Waals surface area contributed by atoms with Crippen molar-refractivity contribution < 1.29 is 4.39 Å². The first-order chi connectivity index (χ1) is 10.1. The van der Waals surface area contributed by atoms with Gasteiger partial charge in [-0.15, -0.1) is 0 Å². The van der Waals surface area contributed by atoms with Crippen LogP contribution in [0.25, 0.3) is 11.1 Å². The highest BCUT2D eigenvalue weighted by atomic mass is 32.1.